The van der Waals surface area contributed by atoms with Crippen molar-refractivity contribution in [1.29, 1.82) is 0 Å². The van der Waals surface area contributed by atoms with Gasteiger partial charge in [0.15, 0.2) is 11.6 Å². The monoisotopic (exact) mass is 253 g/mol. The summed E-state index contributed by atoms with van der Waals surface area (Å²) >= 11 is 0. The van der Waals surface area contributed by atoms with E-state index in [4.69, 9.17) is 10.5 Å². The van der Waals surface area contributed by atoms with E-state index < -0.39 is 0 Å². The fraction of sp³-hybridized carbons (Fsp3) is 0.0769. The molecule has 2 N–H and O–H groups in total. The molecule has 0 aliphatic rings. The largest absolute Gasteiger partial charge is 0.494 e. The maximum Gasteiger partial charge on any atom is 0.165 e. The van der Waals surface area contributed by atoms with Gasteiger partial charge >= 0.3 is 0 Å². The molecule has 0 amide bonds. The number of hydrogen-bond donors (Lipinski definition) is 1. The molecule has 0 unspecified atom stereocenters. The van der Waals surface area contributed by atoms with Crippen LogP contribution in [0.15, 0.2) is 42.5 Å². The molecule has 0 heterocycles. The first-order chi connectivity index (χ1) is 7.70. The van der Waals surface area contributed by atoms with Gasteiger partial charge in [-0.1, -0.05) is 18.2 Å². The van der Waals surface area contributed by atoms with Gasteiger partial charge in [0.25, 0.3) is 0 Å². The van der Waals surface area contributed by atoms with E-state index in [0.717, 1.165) is 11.1 Å². The van der Waals surface area contributed by atoms with E-state index in [-0.39, 0.29) is 24.0 Å². The zero-order chi connectivity index (χ0) is 11.5. The summed E-state index contributed by atoms with van der Waals surface area (Å²) in [5.41, 5.74) is 8.20. The molecule has 0 aromatic heterocycles. The van der Waals surface area contributed by atoms with Crippen molar-refractivity contribution in [3.05, 3.63) is 48.3 Å². The van der Waals surface area contributed by atoms with E-state index in [1.54, 1.807) is 12.1 Å². The molecule has 0 aliphatic heterocycles. The molecule has 4 heteroatoms. The minimum absolute atomic E-state index is 0. The molecule has 2 aromatic rings. The Kier molecular flexibility index (Phi) is 4.35. The molecule has 0 bridgehead atoms. The third kappa shape index (κ3) is 2.88. The van der Waals surface area contributed by atoms with Crippen LogP contribution in [0.5, 0.6) is 5.75 Å². The van der Waals surface area contributed by atoms with Crippen LogP contribution in [0.1, 0.15) is 0 Å². The summed E-state index contributed by atoms with van der Waals surface area (Å²) in [6.45, 7) is 0. The van der Waals surface area contributed by atoms with Gasteiger partial charge in [0, 0.05) is 5.69 Å². The molecule has 17 heavy (non-hydrogen) atoms. The summed E-state index contributed by atoms with van der Waals surface area (Å²) in [6.07, 6.45) is 0. The van der Waals surface area contributed by atoms with Gasteiger partial charge in [-0.3, -0.25) is 0 Å². The Bertz CT molecular complexity index is 517. The third-order valence-electron chi connectivity index (χ3n) is 2.37. The van der Waals surface area contributed by atoms with Crippen molar-refractivity contribution in [2.45, 2.75) is 0 Å². The number of nitrogen functional groups attached to an aromatic ring is 1. The molecule has 2 rings (SSSR count). The van der Waals surface area contributed by atoms with Crippen molar-refractivity contribution in [2.75, 3.05) is 12.8 Å². The zero-order valence-electron chi connectivity index (χ0n) is 9.31. The zero-order valence-corrected chi connectivity index (χ0v) is 10.1. The standard InChI is InChI=1S/C13H12FNO.ClH/c1-16-13-8-10(5-6-12(13)14)9-3-2-4-11(15)7-9;/h2-8H,15H2,1H3;1H. The molecule has 0 aliphatic carbocycles. The van der Waals surface area contributed by atoms with Crippen LogP contribution in [0.2, 0.25) is 0 Å². The first-order valence-electron chi connectivity index (χ1n) is 4.90. The summed E-state index contributed by atoms with van der Waals surface area (Å²) in [7, 11) is 1.45. The van der Waals surface area contributed by atoms with Gasteiger partial charge in [-0.05, 0) is 35.4 Å². The molecule has 90 valence electrons. The summed E-state index contributed by atoms with van der Waals surface area (Å²) in [6, 6.07) is 12.2. The summed E-state index contributed by atoms with van der Waals surface area (Å²) in [5.74, 6) is -0.130. The Morgan fingerprint density at radius 3 is 2.41 bits per heavy atom. The molecule has 0 radical (unpaired) electrons. The second kappa shape index (κ2) is 5.55. The predicted molar refractivity (Wildman–Crippen MR) is 70.0 cm³/mol. The molecular weight excluding hydrogens is 241 g/mol. The lowest BCUT2D eigenvalue weighted by Gasteiger charge is -2.06. The number of nitrogens with two attached hydrogens (primary N) is 1. The second-order valence-electron chi connectivity index (χ2n) is 3.47. The smallest absolute Gasteiger partial charge is 0.165 e. The van der Waals surface area contributed by atoms with Crippen LogP contribution >= 0.6 is 12.4 Å². The van der Waals surface area contributed by atoms with Crippen LogP contribution in [-0.2, 0) is 0 Å². The van der Waals surface area contributed by atoms with Gasteiger partial charge in [-0.25, -0.2) is 4.39 Å². The van der Waals surface area contributed by atoms with E-state index in [1.807, 2.05) is 24.3 Å². The maximum absolute atomic E-state index is 13.2. The Balaban J connectivity index is 0.00000144. The highest BCUT2D eigenvalue weighted by Crippen LogP contribution is 2.27. The van der Waals surface area contributed by atoms with Crippen LogP contribution < -0.4 is 10.5 Å². The highest BCUT2D eigenvalue weighted by Gasteiger charge is 2.05. The van der Waals surface area contributed by atoms with Crippen LogP contribution in [0.4, 0.5) is 10.1 Å². The maximum atomic E-state index is 13.2. The topological polar surface area (TPSA) is 35.2 Å². The number of halogens is 2. The van der Waals surface area contributed by atoms with Gasteiger partial charge < -0.3 is 10.5 Å². The number of anilines is 1. The van der Waals surface area contributed by atoms with Gasteiger partial charge in [-0.2, -0.15) is 0 Å². The first kappa shape index (κ1) is 13.3. The quantitative estimate of drug-likeness (QED) is 0.832. The van der Waals surface area contributed by atoms with Gasteiger partial charge in [0.1, 0.15) is 0 Å². The van der Waals surface area contributed by atoms with Crippen LogP contribution in [0, 0.1) is 5.82 Å². The van der Waals surface area contributed by atoms with Crippen molar-refractivity contribution in [3.8, 4) is 16.9 Å². The van der Waals surface area contributed by atoms with Crippen LogP contribution in [0.25, 0.3) is 11.1 Å². The van der Waals surface area contributed by atoms with E-state index in [2.05, 4.69) is 0 Å². The van der Waals surface area contributed by atoms with E-state index in [1.165, 1.54) is 13.2 Å². The van der Waals surface area contributed by atoms with Gasteiger partial charge in [0.2, 0.25) is 0 Å². The average Bonchev–Trinajstić information content (AvgIpc) is 2.29. The number of methoxy groups -OCH3 is 1. The Morgan fingerprint density at radius 1 is 1.06 bits per heavy atom. The van der Waals surface area contributed by atoms with Crippen LogP contribution in [-0.4, -0.2) is 7.11 Å². The number of rotatable bonds is 2. The molecule has 2 nitrogen and oxygen atoms in total. The summed E-state index contributed by atoms with van der Waals surface area (Å²) < 4.78 is 18.1. The molecular formula is C13H13ClFNO. The molecule has 0 spiro atoms. The minimum Gasteiger partial charge on any atom is -0.494 e. The Hall–Kier alpha value is -1.74. The summed E-state index contributed by atoms with van der Waals surface area (Å²) in [5, 5.41) is 0. The molecule has 0 saturated carbocycles. The normalized spacial score (nSPS) is 9.53. The number of hydrogen-bond acceptors (Lipinski definition) is 2. The number of benzene rings is 2. The Labute approximate surface area is 106 Å². The van der Waals surface area contributed by atoms with Crippen molar-refractivity contribution >= 4 is 18.1 Å². The molecule has 0 saturated heterocycles. The van der Waals surface area contributed by atoms with Crippen molar-refractivity contribution in [1.82, 2.24) is 0 Å². The average molecular weight is 254 g/mol. The number of ether oxygens (including phenoxy) is 1. The Morgan fingerprint density at radius 2 is 1.76 bits per heavy atom. The summed E-state index contributed by atoms with van der Waals surface area (Å²) in [4.78, 5) is 0. The fourth-order valence-corrected chi connectivity index (χ4v) is 1.56. The minimum atomic E-state index is -0.366. The predicted octanol–water partition coefficient (Wildman–Crippen LogP) is 3.51. The molecule has 0 atom stereocenters. The highest BCUT2D eigenvalue weighted by molar-refractivity contribution is 5.85. The van der Waals surface area contributed by atoms with Crippen molar-refractivity contribution in [2.24, 2.45) is 0 Å². The third-order valence-corrected chi connectivity index (χ3v) is 2.37. The SMILES string of the molecule is COc1cc(-c2cccc(N)c2)ccc1F.Cl. The van der Waals surface area contributed by atoms with Crippen molar-refractivity contribution < 1.29 is 9.13 Å². The highest BCUT2D eigenvalue weighted by atomic mass is 35.5. The van der Waals surface area contributed by atoms with Gasteiger partial charge in [0.05, 0.1) is 7.11 Å². The van der Waals surface area contributed by atoms with E-state index >= 15 is 0 Å². The lowest BCUT2D eigenvalue weighted by Crippen LogP contribution is -1.89. The van der Waals surface area contributed by atoms with E-state index in [9.17, 15) is 4.39 Å². The first-order valence-corrected chi connectivity index (χ1v) is 4.90. The van der Waals surface area contributed by atoms with Gasteiger partial charge in [-0.15, -0.1) is 12.4 Å². The fourth-order valence-electron chi connectivity index (χ4n) is 1.56. The van der Waals surface area contributed by atoms with Crippen LogP contribution in [0.3, 0.4) is 0 Å². The lowest BCUT2D eigenvalue weighted by molar-refractivity contribution is 0.387. The second-order valence-corrected chi connectivity index (χ2v) is 3.47. The van der Waals surface area contributed by atoms with Crippen molar-refractivity contribution in [3.63, 3.8) is 0 Å². The van der Waals surface area contributed by atoms with E-state index in [0.29, 0.717) is 5.69 Å². The molecule has 2 aromatic carbocycles. The molecule has 0 fully saturated rings. The lowest BCUT2D eigenvalue weighted by atomic mass is 10.0.